The molecule has 0 saturated carbocycles. The van der Waals surface area contributed by atoms with E-state index in [1.165, 1.54) is 40.7 Å². The molecule has 0 atom stereocenters. The molecule has 0 aliphatic carbocycles. The number of carbonyl (C=O) groups is 1. The van der Waals surface area contributed by atoms with Crippen molar-refractivity contribution in [1.29, 1.82) is 0 Å². The zero-order valence-electron chi connectivity index (χ0n) is 13.6. The van der Waals surface area contributed by atoms with Gasteiger partial charge in [0, 0.05) is 24.3 Å². The fourth-order valence-electron chi connectivity index (χ4n) is 2.49. The Labute approximate surface area is 155 Å². The number of hydrogen-bond donors (Lipinski definition) is 1. The highest BCUT2D eigenvalue weighted by Crippen LogP contribution is 2.21. The molecule has 26 heavy (non-hydrogen) atoms. The highest BCUT2D eigenvalue weighted by molar-refractivity contribution is 7.89. The third kappa shape index (κ3) is 4.04. The Morgan fingerprint density at radius 2 is 1.77 bits per heavy atom. The van der Waals surface area contributed by atoms with Crippen LogP contribution in [0.3, 0.4) is 0 Å². The highest BCUT2D eigenvalue weighted by atomic mass is 35.5. The lowest BCUT2D eigenvalue weighted by Gasteiger charge is -2.26. The molecule has 0 radical (unpaired) electrons. The second-order valence-electron chi connectivity index (χ2n) is 5.62. The van der Waals surface area contributed by atoms with E-state index in [-0.39, 0.29) is 21.2 Å². The Morgan fingerprint density at radius 3 is 2.38 bits per heavy atom. The molecule has 1 heterocycles. The van der Waals surface area contributed by atoms with Crippen molar-refractivity contribution in [2.75, 3.05) is 31.6 Å². The number of morpholine rings is 1. The van der Waals surface area contributed by atoms with Crippen molar-refractivity contribution >= 4 is 33.2 Å². The van der Waals surface area contributed by atoms with Gasteiger partial charge in [0.1, 0.15) is 5.82 Å². The van der Waals surface area contributed by atoms with Gasteiger partial charge in [-0.15, -0.1) is 0 Å². The fraction of sp³-hybridized carbons (Fsp3) is 0.235. The van der Waals surface area contributed by atoms with Gasteiger partial charge in [0.15, 0.2) is 0 Å². The number of nitrogens with zero attached hydrogens (tertiary/aromatic N) is 1. The van der Waals surface area contributed by atoms with Crippen LogP contribution < -0.4 is 5.32 Å². The lowest BCUT2D eigenvalue weighted by molar-refractivity contribution is 0.0730. The summed E-state index contributed by atoms with van der Waals surface area (Å²) in [6, 6.07) is 9.50. The van der Waals surface area contributed by atoms with Crippen molar-refractivity contribution in [3.63, 3.8) is 0 Å². The third-order valence-electron chi connectivity index (χ3n) is 3.90. The first-order valence-corrected chi connectivity index (χ1v) is 9.64. The molecule has 2 aromatic carbocycles. The zero-order chi connectivity index (χ0) is 18.7. The smallest absolute Gasteiger partial charge is 0.255 e. The van der Waals surface area contributed by atoms with Gasteiger partial charge in [0.25, 0.3) is 5.91 Å². The zero-order valence-corrected chi connectivity index (χ0v) is 15.2. The number of benzene rings is 2. The minimum Gasteiger partial charge on any atom is -0.379 e. The number of carbonyl (C=O) groups excluding carboxylic acids is 1. The molecule has 1 aliphatic rings. The van der Waals surface area contributed by atoms with Crippen molar-refractivity contribution in [2.24, 2.45) is 0 Å². The average Bonchev–Trinajstić information content (AvgIpc) is 2.65. The summed E-state index contributed by atoms with van der Waals surface area (Å²) in [7, 11) is -3.62. The molecule has 0 aromatic heterocycles. The number of anilines is 1. The Kier molecular flexibility index (Phi) is 5.57. The van der Waals surface area contributed by atoms with Crippen molar-refractivity contribution in [1.82, 2.24) is 4.31 Å². The van der Waals surface area contributed by atoms with Crippen LogP contribution in [0, 0.1) is 5.82 Å². The molecular weight excluding hydrogens is 383 g/mol. The number of ether oxygens (including phenoxy) is 1. The van der Waals surface area contributed by atoms with Crippen LogP contribution >= 0.6 is 11.6 Å². The minimum atomic E-state index is -3.62. The third-order valence-corrected chi connectivity index (χ3v) is 6.12. The number of amides is 1. The average molecular weight is 399 g/mol. The van der Waals surface area contributed by atoms with Crippen LogP contribution in [0.2, 0.25) is 5.02 Å². The molecule has 3 rings (SSSR count). The molecule has 1 aliphatic heterocycles. The highest BCUT2D eigenvalue weighted by Gasteiger charge is 2.26. The summed E-state index contributed by atoms with van der Waals surface area (Å²) in [5.74, 6) is -1.13. The topological polar surface area (TPSA) is 75.7 Å². The van der Waals surface area contributed by atoms with E-state index in [4.69, 9.17) is 16.3 Å². The van der Waals surface area contributed by atoms with E-state index < -0.39 is 21.7 Å². The maximum atomic E-state index is 13.4. The monoisotopic (exact) mass is 398 g/mol. The summed E-state index contributed by atoms with van der Waals surface area (Å²) < 4.78 is 45.0. The maximum Gasteiger partial charge on any atom is 0.255 e. The summed E-state index contributed by atoms with van der Waals surface area (Å²) in [5.41, 5.74) is 0.503. The van der Waals surface area contributed by atoms with E-state index in [1.54, 1.807) is 0 Å². The van der Waals surface area contributed by atoms with E-state index in [9.17, 15) is 17.6 Å². The van der Waals surface area contributed by atoms with Crippen molar-refractivity contribution in [2.45, 2.75) is 4.90 Å². The van der Waals surface area contributed by atoms with Crippen LogP contribution in [-0.4, -0.2) is 44.9 Å². The van der Waals surface area contributed by atoms with Gasteiger partial charge in [0.2, 0.25) is 10.0 Å². The second kappa shape index (κ2) is 7.71. The van der Waals surface area contributed by atoms with Gasteiger partial charge < -0.3 is 10.1 Å². The Balaban J connectivity index is 1.74. The predicted molar refractivity (Wildman–Crippen MR) is 95.4 cm³/mol. The normalized spacial score (nSPS) is 15.6. The number of sulfonamides is 1. The summed E-state index contributed by atoms with van der Waals surface area (Å²) in [5, 5.41) is 2.49. The molecule has 1 saturated heterocycles. The number of rotatable bonds is 4. The SMILES string of the molecule is O=C(Nc1ccc(Cl)c(F)c1)c1ccc(S(=O)(=O)N2CCOCC2)cc1. The fourth-order valence-corrected chi connectivity index (χ4v) is 4.02. The standard InChI is InChI=1S/C17H16ClFN2O4S/c18-15-6-3-13(11-16(15)19)20-17(22)12-1-4-14(5-2-12)26(23,24)21-7-9-25-10-8-21/h1-6,11H,7-10H2,(H,20,22). The van der Waals surface area contributed by atoms with E-state index in [1.807, 2.05) is 0 Å². The van der Waals surface area contributed by atoms with Gasteiger partial charge in [0.05, 0.1) is 23.1 Å². The molecule has 138 valence electrons. The van der Waals surface area contributed by atoms with Gasteiger partial charge in [-0.25, -0.2) is 12.8 Å². The molecule has 1 N–H and O–H groups in total. The summed E-state index contributed by atoms with van der Waals surface area (Å²) in [6.45, 7) is 1.31. The largest absolute Gasteiger partial charge is 0.379 e. The van der Waals surface area contributed by atoms with Gasteiger partial charge in [-0.05, 0) is 42.5 Å². The van der Waals surface area contributed by atoms with Crippen LogP contribution in [0.1, 0.15) is 10.4 Å². The molecule has 6 nitrogen and oxygen atoms in total. The van der Waals surface area contributed by atoms with E-state index in [2.05, 4.69) is 5.32 Å². The summed E-state index contributed by atoms with van der Waals surface area (Å²) >= 11 is 5.60. The first-order chi connectivity index (χ1) is 12.4. The number of nitrogens with one attached hydrogen (secondary N) is 1. The molecule has 9 heteroatoms. The van der Waals surface area contributed by atoms with Gasteiger partial charge >= 0.3 is 0 Å². The molecule has 0 spiro atoms. The van der Waals surface area contributed by atoms with Gasteiger partial charge in [-0.1, -0.05) is 11.6 Å². The number of halogens is 2. The first kappa shape index (κ1) is 18.8. The van der Waals surface area contributed by atoms with Crippen molar-refractivity contribution in [3.05, 3.63) is 58.9 Å². The first-order valence-electron chi connectivity index (χ1n) is 7.82. The number of hydrogen-bond acceptors (Lipinski definition) is 4. The van der Waals surface area contributed by atoms with Crippen LogP contribution in [-0.2, 0) is 14.8 Å². The Morgan fingerprint density at radius 1 is 1.12 bits per heavy atom. The van der Waals surface area contributed by atoms with E-state index >= 15 is 0 Å². The van der Waals surface area contributed by atoms with Gasteiger partial charge in [-0.3, -0.25) is 4.79 Å². The molecule has 0 unspecified atom stereocenters. The van der Waals surface area contributed by atoms with Crippen molar-refractivity contribution < 1.29 is 22.3 Å². The maximum absolute atomic E-state index is 13.4. The molecule has 1 fully saturated rings. The van der Waals surface area contributed by atoms with Crippen LogP contribution in [0.15, 0.2) is 47.4 Å². The lowest BCUT2D eigenvalue weighted by Crippen LogP contribution is -2.40. The predicted octanol–water partition coefficient (Wildman–Crippen LogP) is 2.75. The lowest BCUT2D eigenvalue weighted by atomic mass is 10.2. The van der Waals surface area contributed by atoms with E-state index in [0.29, 0.717) is 26.3 Å². The minimum absolute atomic E-state index is 0.0410. The van der Waals surface area contributed by atoms with Crippen molar-refractivity contribution in [3.8, 4) is 0 Å². The molecular formula is C17H16ClFN2O4S. The summed E-state index contributed by atoms with van der Waals surface area (Å²) in [6.07, 6.45) is 0. The molecule has 2 aromatic rings. The second-order valence-corrected chi connectivity index (χ2v) is 7.97. The Hall–Kier alpha value is -2.00. The van der Waals surface area contributed by atoms with Crippen LogP contribution in [0.25, 0.3) is 0 Å². The van der Waals surface area contributed by atoms with Gasteiger partial charge in [-0.2, -0.15) is 4.31 Å². The van der Waals surface area contributed by atoms with Crippen LogP contribution in [0.5, 0.6) is 0 Å². The van der Waals surface area contributed by atoms with E-state index in [0.717, 1.165) is 6.07 Å². The quantitative estimate of drug-likeness (QED) is 0.859. The molecule has 0 bridgehead atoms. The molecule has 1 amide bonds. The Bertz CT molecular complexity index is 913. The summed E-state index contributed by atoms with van der Waals surface area (Å²) in [4.78, 5) is 12.3. The van der Waals surface area contributed by atoms with Crippen LogP contribution in [0.4, 0.5) is 10.1 Å².